The fourth-order valence-electron chi connectivity index (χ4n) is 3.31. The van der Waals surface area contributed by atoms with Crippen LogP contribution in [0.5, 0.6) is 0 Å². The molecule has 0 saturated carbocycles. The van der Waals surface area contributed by atoms with Crippen molar-refractivity contribution in [2.75, 3.05) is 25.5 Å². The molecular formula is C22H25N3O4S. The number of amides is 2. The first-order valence-corrected chi connectivity index (χ1v) is 11.2. The van der Waals surface area contributed by atoms with Crippen LogP contribution in [0.3, 0.4) is 0 Å². The number of hydrogen-bond acceptors (Lipinski definition) is 4. The molecule has 1 aliphatic heterocycles. The van der Waals surface area contributed by atoms with Gasteiger partial charge in [-0.1, -0.05) is 30.3 Å². The fraction of sp³-hybridized carbons (Fsp3) is 0.273. The molecule has 7 nitrogen and oxygen atoms in total. The molecule has 30 heavy (non-hydrogen) atoms. The zero-order chi connectivity index (χ0) is 21.6. The first-order valence-electron chi connectivity index (χ1n) is 9.75. The average molecular weight is 428 g/mol. The maximum absolute atomic E-state index is 12.6. The Hall–Kier alpha value is -2.97. The lowest BCUT2D eigenvalue weighted by molar-refractivity contribution is -0.130. The van der Waals surface area contributed by atoms with Crippen molar-refractivity contribution in [3.05, 3.63) is 66.2 Å². The van der Waals surface area contributed by atoms with Crippen LogP contribution in [0.25, 0.3) is 6.08 Å². The summed E-state index contributed by atoms with van der Waals surface area (Å²) in [6.45, 7) is 0.985. The zero-order valence-corrected chi connectivity index (χ0v) is 17.6. The number of carbonyl (C=O) groups excluding carboxylic acids is 2. The molecule has 1 saturated heterocycles. The Bertz CT molecular complexity index is 1020. The highest BCUT2D eigenvalue weighted by molar-refractivity contribution is 7.89. The summed E-state index contributed by atoms with van der Waals surface area (Å²) in [4.78, 5) is 26.9. The van der Waals surface area contributed by atoms with E-state index in [0.717, 1.165) is 18.5 Å². The number of nitrogens with zero attached hydrogens (tertiary/aromatic N) is 1. The highest BCUT2D eigenvalue weighted by atomic mass is 32.2. The van der Waals surface area contributed by atoms with Crippen LogP contribution < -0.4 is 10.0 Å². The molecule has 8 heteroatoms. The summed E-state index contributed by atoms with van der Waals surface area (Å²) in [6.07, 6.45) is 4.61. The van der Waals surface area contributed by atoms with E-state index in [1.807, 2.05) is 30.3 Å². The second kappa shape index (κ2) is 9.69. The van der Waals surface area contributed by atoms with Gasteiger partial charge < -0.3 is 10.2 Å². The molecular weight excluding hydrogens is 402 g/mol. The highest BCUT2D eigenvalue weighted by Gasteiger charge is 2.27. The third-order valence-electron chi connectivity index (χ3n) is 5.02. The van der Waals surface area contributed by atoms with Crippen LogP contribution in [-0.2, 0) is 19.6 Å². The predicted molar refractivity (Wildman–Crippen MR) is 116 cm³/mol. The third-order valence-corrected chi connectivity index (χ3v) is 6.45. The molecule has 158 valence electrons. The van der Waals surface area contributed by atoms with Crippen molar-refractivity contribution < 1.29 is 18.0 Å². The van der Waals surface area contributed by atoms with Gasteiger partial charge in [-0.05, 0) is 55.8 Å². The van der Waals surface area contributed by atoms with E-state index in [9.17, 15) is 18.0 Å². The van der Waals surface area contributed by atoms with Crippen molar-refractivity contribution in [2.45, 2.75) is 17.7 Å². The third kappa shape index (κ3) is 5.55. The summed E-state index contributed by atoms with van der Waals surface area (Å²) in [6, 6.07) is 15.5. The van der Waals surface area contributed by atoms with E-state index < -0.39 is 10.0 Å². The van der Waals surface area contributed by atoms with Crippen LogP contribution >= 0.6 is 0 Å². The maximum Gasteiger partial charge on any atom is 0.246 e. The molecule has 2 amide bonds. The molecule has 0 radical (unpaired) electrons. The van der Waals surface area contributed by atoms with E-state index in [2.05, 4.69) is 10.0 Å². The Labute approximate surface area is 176 Å². The lowest BCUT2D eigenvalue weighted by Crippen LogP contribution is -2.43. The first-order chi connectivity index (χ1) is 14.4. The lowest BCUT2D eigenvalue weighted by Gasteiger charge is -2.31. The highest BCUT2D eigenvalue weighted by Crippen LogP contribution is 2.19. The van der Waals surface area contributed by atoms with Crippen LogP contribution in [0, 0.1) is 5.92 Å². The smallest absolute Gasteiger partial charge is 0.246 e. The summed E-state index contributed by atoms with van der Waals surface area (Å²) in [7, 11) is -2.13. The molecule has 2 aromatic carbocycles. The SMILES string of the molecule is CNS(=O)(=O)c1ccc(C=CC(=O)N2CCCC(C(=O)Nc3ccccc3)C2)cc1. The molecule has 0 aliphatic carbocycles. The molecule has 2 N–H and O–H groups in total. The summed E-state index contributed by atoms with van der Waals surface area (Å²) in [5.74, 6) is -0.495. The number of carbonyl (C=O) groups is 2. The molecule has 1 aliphatic rings. The Morgan fingerprint density at radius 1 is 1.07 bits per heavy atom. The van der Waals surface area contributed by atoms with Gasteiger partial charge in [0.25, 0.3) is 0 Å². The number of rotatable bonds is 6. The van der Waals surface area contributed by atoms with Crippen molar-refractivity contribution >= 4 is 33.6 Å². The number of anilines is 1. The standard InChI is InChI=1S/C22H25N3O4S/c1-23-30(28,29)20-12-9-17(10-13-20)11-14-21(26)25-15-5-6-18(16-25)22(27)24-19-7-3-2-4-8-19/h2-4,7-14,18,23H,5-6,15-16H2,1H3,(H,24,27). The average Bonchev–Trinajstić information content (AvgIpc) is 2.78. The van der Waals surface area contributed by atoms with E-state index in [4.69, 9.17) is 0 Å². The molecule has 0 bridgehead atoms. The van der Waals surface area contributed by atoms with E-state index >= 15 is 0 Å². The predicted octanol–water partition coefficient (Wildman–Crippen LogP) is 2.49. The summed E-state index contributed by atoms with van der Waals surface area (Å²) in [5.41, 5.74) is 1.46. The zero-order valence-electron chi connectivity index (χ0n) is 16.7. The van der Waals surface area contributed by atoms with E-state index in [1.54, 1.807) is 23.1 Å². The van der Waals surface area contributed by atoms with Crippen molar-refractivity contribution in [3.8, 4) is 0 Å². The normalized spacial score (nSPS) is 17.1. The second-order valence-electron chi connectivity index (χ2n) is 7.09. The molecule has 1 heterocycles. The molecule has 3 rings (SSSR count). The summed E-state index contributed by atoms with van der Waals surface area (Å²) >= 11 is 0. The monoisotopic (exact) mass is 427 g/mol. The first kappa shape index (κ1) is 21.7. The molecule has 1 fully saturated rings. The van der Waals surface area contributed by atoms with Gasteiger partial charge in [-0.25, -0.2) is 13.1 Å². The van der Waals surface area contributed by atoms with E-state index in [0.29, 0.717) is 18.7 Å². The lowest BCUT2D eigenvalue weighted by atomic mass is 9.97. The molecule has 2 aromatic rings. The minimum absolute atomic E-state index is 0.0796. The van der Waals surface area contributed by atoms with E-state index in [1.165, 1.54) is 25.3 Å². The minimum Gasteiger partial charge on any atom is -0.338 e. The van der Waals surface area contributed by atoms with Gasteiger partial charge in [-0.3, -0.25) is 9.59 Å². The van der Waals surface area contributed by atoms with Crippen LogP contribution in [0.2, 0.25) is 0 Å². The maximum atomic E-state index is 12.6. The quantitative estimate of drug-likeness (QED) is 0.693. The number of para-hydroxylation sites is 1. The Kier molecular flexibility index (Phi) is 7.02. The topological polar surface area (TPSA) is 95.6 Å². The number of hydrogen-bond donors (Lipinski definition) is 2. The van der Waals surface area contributed by atoms with Crippen molar-refractivity contribution in [1.82, 2.24) is 9.62 Å². The molecule has 0 spiro atoms. The van der Waals surface area contributed by atoms with Gasteiger partial charge in [-0.2, -0.15) is 0 Å². The van der Waals surface area contributed by atoms with Crippen LogP contribution in [0.15, 0.2) is 65.6 Å². The Balaban J connectivity index is 1.59. The van der Waals surface area contributed by atoms with E-state index in [-0.39, 0.29) is 22.6 Å². The van der Waals surface area contributed by atoms with Gasteiger partial charge in [-0.15, -0.1) is 0 Å². The number of sulfonamides is 1. The number of piperidine rings is 1. The van der Waals surface area contributed by atoms with Crippen LogP contribution in [0.4, 0.5) is 5.69 Å². The number of benzene rings is 2. The molecule has 1 unspecified atom stereocenters. The van der Waals surface area contributed by atoms with Crippen LogP contribution in [-0.4, -0.2) is 45.3 Å². The van der Waals surface area contributed by atoms with Crippen molar-refractivity contribution in [3.63, 3.8) is 0 Å². The van der Waals surface area contributed by atoms with Gasteiger partial charge in [0.2, 0.25) is 21.8 Å². The largest absolute Gasteiger partial charge is 0.338 e. The second-order valence-corrected chi connectivity index (χ2v) is 8.98. The van der Waals surface area contributed by atoms with Gasteiger partial charge in [0.05, 0.1) is 10.8 Å². The Morgan fingerprint density at radius 3 is 2.43 bits per heavy atom. The Morgan fingerprint density at radius 2 is 1.77 bits per heavy atom. The minimum atomic E-state index is -3.49. The van der Waals surface area contributed by atoms with Crippen molar-refractivity contribution in [2.24, 2.45) is 5.92 Å². The van der Waals surface area contributed by atoms with Gasteiger partial charge >= 0.3 is 0 Å². The van der Waals surface area contributed by atoms with Gasteiger partial charge in [0.1, 0.15) is 0 Å². The van der Waals surface area contributed by atoms with Crippen molar-refractivity contribution in [1.29, 1.82) is 0 Å². The fourth-order valence-corrected chi connectivity index (χ4v) is 4.04. The summed E-state index contributed by atoms with van der Waals surface area (Å²) < 4.78 is 25.8. The van der Waals surface area contributed by atoms with Gasteiger partial charge in [0.15, 0.2) is 0 Å². The van der Waals surface area contributed by atoms with Crippen LogP contribution in [0.1, 0.15) is 18.4 Å². The number of nitrogens with one attached hydrogen (secondary N) is 2. The summed E-state index contributed by atoms with van der Waals surface area (Å²) in [5, 5.41) is 2.90. The number of likely N-dealkylation sites (tertiary alicyclic amines) is 1. The van der Waals surface area contributed by atoms with Gasteiger partial charge in [0, 0.05) is 24.9 Å². The molecule has 1 atom stereocenters. The molecule has 0 aromatic heterocycles.